The van der Waals surface area contributed by atoms with Crippen LogP contribution in [-0.4, -0.2) is 48.2 Å². The summed E-state index contributed by atoms with van der Waals surface area (Å²) in [6.07, 6.45) is 0.645. The highest BCUT2D eigenvalue weighted by Crippen LogP contribution is 2.40. The standard InChI is InChI=1S/C13H21N3O4/c1-12(2,3)20-11(19)16-7-13(4-5-14-10(13)18)6-9(16)15-8-17/h8-9H,4-7H2,1-3H3,(H,14,18)(H,15,17)/t9-,13-/m0/s1. The number of carbonyl (C=O) groups is 3. The maximum absolute atomic E-state index is 12.2. The summed E-state index contributed by atoms with van der Waals surface area (Å²) in [6, 6.07) is 0. The lowest BCUT2D eigenvalue weighted by Crippen LogP contribution is -2.46. The molecule has 2 aliphatic rings. The Morgan fingerprint density at radius 2 is 2.25 bits per heavy atom. The molecule has 3 amide bonds. The van der Waals surface area contributed by atoms with Crippen molar-refractivity contribution in [2.24, 2.45) is 5.41 Å². The maximum Gasteiger partial charge on any atom is 0.411 e. The van der Waals surface area contributed by atoms with Crippen LogP contribution in [-0.2, 0) is 14.3 Å². The van der Waals surface area contributed by atoms with E-state index in [9.17, 15) is 14.4 Å². The third-order valence-electron chi connectivity index (χ3n) is 3.69. The summed E-state index contributed by atoms with van der Waals surface area (Å²) >= 11 is 0. The van der Waals surface area contributed by atoms with E-state index in [4.69, 9.17) is 4.74 Å². The second-order valence-corrected chi connectivity index (χ2v) is 6.40. The molecule has 2 N–H and O–H groups in total. The minimum absolute atomic E-state index is 0.0544. The predicted octanol–water partition coefficient (Wildman–Crippen LogP) is 0.206. The molecule has 0 unspecified atom stereocenters. The van der Waals surface area contributed by atoms with Crippen molar-refractivity contribution in [2.75, 3.05) is 13.1 Å². The van der Waals surface area contributed by atoms with Gasteiger partial charge in [0.15, 0.2) is 0 Å². The fraction of sp³-hybridized carbons (Fsp3) is 0.769. The van der Waals surface area contributed by atoms with Crippen molar-refractivity contribution >= 4 is 18.4 Å². The monoisotopic (exact) mass is 283 g/mol. The number of rotatable bonds is 2. The summed E-state index contributed by atoms with van der Waals surface area (Å²) in [5.74, 6) is -0.0544. The number of hydrogen-bond acceptors (Lipinski definition) is 4. The zero-order valence-corrected chi connectivity index (χ0v) is 12.1. The second-order valence-electron chi connectivity index (χ2n) is 6.40. The van der Waals surface area contributed by atoms with Gasteiger partial charge >= 0.3 is 6.09 Å². The van der Waals surface area contributed by atoms with Gasteiger partial charge in [-0.1, -0.05) is 0 Å². The highest BCUT2D eigenvalue weighted by molar-refractivity contribution is 5.86. The highest BCUT2D eigenvalue weighted by atomic mass is 16.6. The van der Waals surface area contributed by atoms with E-state index in [1.54, 1.807) is 20.8 Å². The minimum atomic E-state index is -0.615. The maximum atomic E-state index is 12.2. The Morgan fingerprint density at radius 3 is 2.75 bits per heavy atom. The molecule has 0 aromatic carbocycles. The van der Waals surface area contributed by atoms with Crippen molar-refractivity contribution in [1.29, 1.82) is 0 Å². The fourth-order valence-electron chi connectivity index (χ4n) is 2.78. The van der Waals surface area contributed by atoms with Crippen LogP contribution >= 0.6 is 0 Å². The van der Waals surface area contributed by atoms with Gasteiger partial charge < -0.3 is 15.4 Å². The molecule has 1 spiro atoms. The molecule has 0 aromatic heterocycles. The van der Waals surface area contributed by atoms with Crippen molar-refractivity contribution in [1.82, 2.24) is 15.5 Å². The quantitative estimate of drug-likeness (QED) is 0.709. The average Bonchev–Trinajstić information content (AvgIpc) is 2.84. The van der Waals surface area contributed by atoms with Gasteiger partial charge in [0.2, 0.25) is 12.3 Å². The van der Waals surface area contributed by atoms with Crippen LogP contribution in [0.3, 0.4) is 0 Å². The van der Waals surface area contributed by atoms with Crippen molar-refractivity contribution in [3.05, 3.63) is 0 Å². The topological polar surface area (TPSA) is 87.7 Å². The van der Waals surface area contributed by atoms with Gasteiger partial charge in [0.25, 0.3) is 0 Å². The first-order valence-corrected chi connectivity index (χ1v) is 6.75. The normalized spacial score (nSPS) is 29.4. The van der Waals surface area contributed by atoms with Crippen LogP contribution < -0.4 is 10.6 Å². The molecule has 2 fully saturated rings. The van der Waals surface area contributed by atoms with E-state index in [1.165, 1.54) is 4.90 Å². The van der Waals surface area contributed by atoms with E-state index in [-0.39, 0.29) is 12.5 Å². The number of likely N-dealkylation sites (tertiary alicyclic amines) is 1. The Balaban J connectivity index is 2.15. The van der Waals surface area contributed by atoms with E-state index in [1.807, 2.05) is 0 Å². The Bertz CT molecular complexity index is 432. The molecule has 2 aliphatic heterocycles. The fourth-order valence-corrected chi connectivity index (χ4v) is 2.78. The van der Waals surface area contributed by atoms with Gasteiger partial charge in [-0.25, -0.2) is 4.79 Å². The SMILES string of the molecule is CC(C)(C)OC(=O)N1C[C@]2(CCNC2=O)C[C@H]1NC=O. The molecular formula is C13H21N3O4. The molecule has 112 valence electrons. The lowest BCUT2D eigenvalue weighted by molar-refractivity contribution is -0.127. The van der Waals surface area contributed by atoms with Crippen molar-refractivity contribution in [3.63, 3.8) is 0 Å². The van der Waals surface area contributed by atoms with Crippen molar-refractivity contribution < 1.29 is 19.1 Å². The molecule has 7 nitrogen and oxygen atoms in total. The zero-order chi connectivity index (χ0) is 15.0. The van der Waals surface area contributed by atoms with Crippen LogP contribution in [0.4, 0.5) is 4.79 Å². The number of carbonyl (C=O) groups excluding carboxylic acids is 3. The first kappa shape index (κ1) is 14.6. The van der Waals surface area contributed by atoms with Crippen LogP contribution in [0.2, 0.25) is 0 Å². The lowest BCUT2D eigenvalue weighted by atomic mass is 9.85. The molecule has 0 aliphatic carbocycles. The summed E-state index contributed by atoms with van der Waals surface area (Å²) in [5.41, 5.74) is -1.21. The van der Waals surface area contributed by atoms with Crippen LogP contribution in [0, 0.1) is 5.41 Å². The number of hydrogen-bond donors (Lipinski definition) is 2. The van der Waals surface area contributed by atoms with E-state index in [0.29, 0.717) is 25.8 Å². The summed E-state index contributed by atoms with van der Waals surface area (Å²) in [6.45, 7) is 6.22. The summed E-state index contributed by atoms with van der Waals surface area (Å²) in [4.78, 5) is 36.3. The van der Waals surface area contributed by atoms with Gasteiger partial charge in [-0.15, -0.1) is 0 Å². The predicted molar refractivity (Wildman–Crippen MR) is 70.6 cm³/mol. The van der Waals surface area contributed by atoms with Gasteiger partial charge in [-0.2, -0.15) is 0 Å². The first-order valence-electron chi connectivity index (χ1n) is 6.75. The van der Waals surface area contributed by atoms with Gasteiger partial charge in [0.05, 0.1) is 5.41 Å². The Labute approximate surface area is 118 Å². The average molecular weight is 283 g/mol. The third-order valence-corrected chi connectivity index (χ3v) is 3.69. The number of amides is 3. The van der Waals surface area contributed by atoms with Crippen LogP contribution in [0.5, 0.6) is 0 Å². The first-order chi connectivity index (χ1) is 9.27. The van der Waals surface area contributed by atoms with Gasteiger partial charge in [-0.05, 0) is 27.2 Å². The number of nitrogens with zero attached hydrogens (tertiary/aromatic N) is 1. The molecule has 2 rings (SSSR count). The highest BCUT2D eigenvalue weighted by Gasteiger charge is 2.53. The molecule has 7 heteroatoms. The molecule has 20 heavy (non-hydrogen) atoms. The molecule has 0 bridgehead atoms. The van der Waals surface area contributed by atoms with Gasteiger partial charge in [0, 0.05) is 19.5 Å². The molecule has 0 saturated carbocycles. The van der Waals surface area contributed by atoms with Crippen LogP contribution in [0.1, 0.15) is 33.6 Å². The zero-order valence-electron chi connectivity index (χ0n) is 12.1. The second kappa shape index (κ2) is 4.96. The molecule has 0 radical (unpaired) electrons. The van der Waals surface area contributed by atoms with E-state index in [2.05, 4.69) is 10.6 Å². The summed E-state index contributed by atoms with van der Waals surface area (Å²) in [7, 11) is 0. The molecule has 0 aromatic rings. The van der Waals surface area contributed by atoms with E-state index in [0.717, 1.165) is 0 Å². The Kier molecular flexibility index (Phi) is 3.62. The Hall–Kier alpha value is -1.79. The molecule has 2 saturated heterocycles. The van der Waals surface area contributed by atoms with Crippen LogP contribution in [0.15, 0.2) is 0 Å². The third kappa shape index (κ3) is 2.71. The summed E-state index contributed by atoms with van der Waals surface area (Å²) in [5, 5.41) is 5.39. The largest absolute Gasteiger partial charge is 0.444 e. The molecule has 2 atom stereocenters. The number of nitrogens with one attached hydrogen (secondary N) is 2. The minimum Gasteiger partial charge on any atom is -0.444 e. The van der Waals surface area contributed by atoms with Gasteiger partial charge in [0.1, 0.15) is 11.8 Å². The smallest absolute Gasteiger partial charge is 0.411 e. The summed E-state index contributed by atoms with van der Waals surface area (Å²) < 4.78 is 5.34. The van der Waals surface area contributed by atoms with Gasteiger partial charge in [-0.3, -0.25) is 14.5 Å². The van der Waals surface area contributed by atoms with Crippen molar-refractivity contribution in [2.45, 2.75) is 45.4 Å². The number of ether oxygens (including phenoxy) is 1. The Morgan fingerprint density at radius 1 is 1.55 bits per heavy atom. The van der Waals surface area contributed by atoms with Crippen molar-refractivity contribution in [3.8, 4) is 0 Å². The van der Waals surface area contributed by atoms with E-state index < -0.39 is 23.3 Å². The van der Waals surface area contributed by atoms with Crippen LogP contribution in [0.25, 0.3) is 0 Å². The molecular weight excluding hydrogens is 262 g/mol. The lowest BCUT2D eigenvalue weighted by Gasteiger charge is -2.28. The molecule has 2 heterocycles. The van der Waals surface area contributed by atoms with E-state index >= 15 is 0 Å².